The minimum atomic E-state index is 0.669. The van der Waals surface area contributed by atoms with Crippen molar-refractivity contribution in [2.24, 2.45) is 5.92 Å². The summed E-state index contributed by atoms with van der Waals surface area (Å²) in [5.41, 5.74) is 3.38. The van der Waals surface area contributed by atoms with Crippen molar-refractivity contribution in [3.63, 3.8) is 0 Å². The number of likely N-dealkylation sites (tertiary alicyclic amines) is 1. The van der Waals surface area contributed by atoms with E-state index in [0.717, 1.165) is 54.1 Å². The van der Waals surface area contributed by atoms with Crippen LogP contribution in [0.4, 0.5) is 10.9 Å². The summed E-state index contributed by atoms with van der Waals surface area (Å²) in [4.78, 5) is 22.0. The van der Waals surface area contributed by atoms with Crippen LogP contribution in [0.1, 0.15) is 29.0 Å². The van der Waals surface area contributed by atoms with Gasteiger partial charge in [-0.3, -0.25) is 4.90 Å². The Hall–Kier alpha value is -3.16. The maximum Gasteiger partial charge on any atom is 0.188 e. The fourth-order valence-electron chi connectivity index (χ4n) is 4.26. The van der Waals surface area contributed by atoms with Gasteiger partial charge in [-0.1, -0.05) is 36.4 Å². The van der Waals surface area contributed by atoms with Crippen molar-refractivity contribution in [3.05, 3.63) is 83.3 Å². The van der Waals surface area contributed by atoms with Crippen molar-refractivity contribution in [1.82, 2.24) is 24.8 Å². The van der Waals surface area contributed by atoms with Crippen molar-refractivity contribution >= 4 is 22.3 Å². The Morgan fingerprint density at radius 1 is 0.939 bits per heavy atom. The summed E-state index contributed by atoms with van der Waals surface area (Å²) >= 11 is 1.65. The first-order chi connectivity index (χ1) is 16.2. The van der Waals surface area contributed by atoms with Crippen LogP contribution in [0.15, 0.2) is 67.1 Å². The Balaban J connectivity index is 1.11. The number of piperidine rings is 1. The number of nitrogens with zero attached hydrogens (tertiary/aromatic N) is 5. The van der Waals surface area contributed by atoms with E-state index in [9.17, 15) is 0 Å². The Morgan fingerprint density at radius 2 is 1.73 bits per heavy atom. The molecule has 168 valence electrons. The molecule has 0 spiro atoms. The summed E-state index contributed by atoms with van der Waals surface area (Å²) in [7, 11) is 0. The molecule has 5 rings (SSSR count). The standard InChI is InChI=1S/C26H28N6S/c1-19-15-29-26(33-19)31-24-9-5-8-23(30-24)14-20-10-12-32(13-11-20)18-21-16-27-25(28-17-21)22-6-3-2-4-7-22/h2-9,15-17,20H,10-14,18H2,1H3,(H,29,30,31). The molecule has 6 nitrogen and oxygen atoms in total. The van der Waals surface area contributed by atoms with Gasteiger partial charge < -0.3 is 5.32 Å². The molecule has 1 aromatic carbocycles. The largest absolute Gasteiger partial charge is 0.316 e. The van der Waals surface area contributed by atoms with E-state index >= 15 is 0 Å². The summed E-state index contributed by atoms with van der Waals surface area (Å²) < 4.78 is 0. The zero-order valence-electron chi connectivity index (χ0n) is 18.8. The van der Waals surface area contributed by atoms with E-state index in [0.29, 0.717) is 5.92 Å². The lowest BCUT2D eigenvalue weighted by Crippen LogP contribution is -2.34. The third-order valence-electron chi connectivity index (χ3n) is 6.01. The van der Waals surface area contributed by atoms with Crippen LogP contribution in [0, 0.1) is 12.8 Å². The molecule has 0 atom stereocenters. The van der Waals surface area contributed by atoms with Crippen LogP contribution in [0.5, 0.6) is 0 Å². The van der Waals surface area contributed by atoms with Gasteiger partial charge in [0, 0.05) is 46.8 Å². The minimum absolute atomic E-state index is 0.669. The molecular formula is C26H28N6S. The minimum Gasteiger partial charge on any atom is -0.316 e. The quantitative estimate of drug-likeness (QED) is 0.396. The Kier molecular flexibility index (Phi) is 6.69. The molecule has 0 radical (unpaired) electrons. The number of aryl methyl sites for hydroxylation is 1. The van der Waals surface area contributed by atoms with Gasteiger partial charge in [0.1, 0.15) is 5.82 Å². The van der Waals surface area contributed by atoms with E-state index in [1.54, 1.807) is 11.3 Å². The maximum absolute atomic E-state index is 4.82. The van der Waals surface area contributed by atoms with Gasteiger partial charge in [0.25, 0.3) is 0 Å². The normalized spacial score (nSPS) is 14.9. The molecule has 4 heterocycles. The molecule has 0 bridgehead atoms. The molecule has 0 saturated carbocycles. The number of aromatic nitrogens is 4. The van der Waals surface area contributed by atoms with Crippen molar-refractivity contribution < 1.29 is 0 Å². The number of rotatable bonds is 7. The van der Waals surface area contributed by atoms with Crippen molar-refractivity contribution in [1.29, 1.82) is 0 Å². The van der Waals surface area contributed by atoms with E-state index in [1.807, 2.05) is 55.0 Å². The lowest BCUT2D eigenvalue weighted by atomic mass is 9.92. The third-order valence-corrected chi connectivity index (χ3v) is 6.84. The molecule has 0 aliphatic carbocycles. The van der Waals surface area contributed by atoms with Crippen LogP contribution in [0.2, 0.25) is 0 Å². The monoisotopic (exact) mass is 456 g/mol. The molecule has 0 unspecified atom stereocenters. The van der Waals surface area contributed by atoms with Gasteiger partial charge in [-0.05, 0) is 57.3 Å². The summed E-state index contributed by atoms with van der Waals surface area (Å²) in [6, 6.07) is 16.3. The van der Waals surface area contributed by atoms with Gasteiger partial charge in [0.15, 0.2) is 11.0 Å². The number of nitrogens with one attached hydrogen (secondary N) is 1. The molecule has 7 heteroatoms. The smallest absolute Gasteiger partial charge is 0.188 e. The topological polar surface area (TPSA) is 66.8 Å². The summed E-state index contributed by atoms with van der Waals surface area (Å²) in [6.07, 6.45) is 9.22. The highest BCUT2D eigenvalue weighted by atomic mass is 32.1. The maximum atomic E-state index is 4.82. The molecule has 1 N–H and O–H groups in total. The van der Waals surface area contributed by atoms with E-state index in [-0.39, 0.29) is 0 Å². The lowest BCUT2D eigenvalue weighted by Gasteiger charge is -2.31. The number of hydrogen-bond acceptors (Lipinski definition) is 7. The van der Waals surface area contributed by atoms with Gasteiger partial charge in [-0.15, -0.1) is 11.3 Å². The first-order valence-electron chi connectivity index (χ1n) is 11.5. The predicted molar refractivity (Wildman–Crippen MR) is 134 cm³/mol. The summed E-state index contributed by atoms with van der Waals surface area (Å²) in [5, 5.41) is 4.22. The van der Waals surface area contributed by atoms with Gasteiger partial charge in [0.05, 0.1) is 0 Å². The molecular weight excluding hydrogens is 428 g/mol. The number of benzene rings is 1. The average Bonchev–Trinajstić information content (AvgIpc) is 3.26. The van der Waals surface area contributed by atoms with Gasteiger partial charge in [-0.25, -0.2) is 19.9 Å². The number of anilines is 2. The fourth-order valence-corrected chi connectivity index (χ4v) is 4.93. The highest BCUT2D eigenvalue weighted by Crippen LogP contribution is 2.24. The lowest BCUT2D eigenvalue weighted by molar-refractivity contribution is 0.176. The Bertz CT molecular complexity index is 1170. The zero-order chi connectivity index (χ0) is 22.5. The molecule has 3 aromatic heterocycles. The van der Waals surface area contributed by atoms with E-state index in [4.69, 9.17) is 4.98 Å². The zero-order valence-corrected chi connectivity index (χ0v) is 19.6. The average molecular weight is 457 g/mol. The van der Waals surface area contributed by atoms with Crippen LogP contribution in [0.3, 0.4) is 0 Å². The van der Waals surface area contributed by atoms with Crippen LogP contribution < -0.4 is 5.32 Å². The van der Waals surface area contributed by atoms with Crippen LogP contribution in [-0.2, 0) is 13.0 Å². The molecule has 1 aliphatic heterocycles. The SMILES string of the molecule is Cc1cnc(Nc2cccc(CC3CCN(Cc4cnc(-c5ccccc5)nc4)CC3)n2)s1. The second kappa shape index (κ2) is 10.2. The van der Waals surface area contributed by atoms with Gasteiger partial charge in [-0.2, -0.15) is 0 Å². The van der Waals surface area contributed by atoms with Gasteiger partial charge in [0.2, 0.25) is 0 Å². The molecule has 0 amide bonds. The molecule has 33 heavy (non-hydrogen) atoms. The van der Waals surface area contributed by atoms with Crippen molar-refractivity contribution in [2.75, 3.05) is 18.4 Å². The van der Waals surface area contributed by atoms with E-state index in [2.05, 4.69) is 44.2 Å². The molecule has 1 saturated heterocycles. The molecule has 4 aromatic rings. The summed E-state index contributed by atoms with van der Waals surface area (Å²) in [6.45, 7) is 5.17. The van der Waals surface area contributed by atoms with Crippen molar-refractivity contribution in [3.8, 4) is 11.4 Å². The van der Waals surface area contributed by atoms with Crippen molar-refractivity contribution in [2.45, 2.75) is 32.7 Å². The second-order valence-electron chi connectivity index (χ2n) is 8.62. The van der Waals surface area contributed by atoms with Crippen LogP contribution >= 0.6 is 11.3 Å². The predicted octanol–water partition coefficient (Wildman–Crippen LogP) is 5.50. The highest BCUT2D eigenvalue weighted by Gasteiger charge is 2.20. The first kappa shape index (κ1) is 21.7. The highest BCUT2D eigenvalue weighted by molar-refractivity contribution is 7.15. The Labute approximate surface area is 198 Å². The number of hydrogen-bond donors (Lipinski definition) is 1. The number of pyridine rings is 1. The first-order valence-corrected chi connectivity index (χ1v) is 12.3. The van der Waals surface area contributed by atoms with E-state index in [1.165, 1.54) is 23.3 Å². The second-order valence-corrected chi connectivity index (χ2v) is 9.85. The van der Waals surface area contributed by atoms with E-state index < -0.39 is 0 Å². The molecule has 1 aliphatic rings. The van der Waals surface area contributed by atoms with Gasteiger partial charge >= 0.3 is 0 Å². The molecule has 1 fully saturated rings. The summed E-state index contributed by atoms with van der Waals surface area (Å²) in [5.74, 6) is 2.33. The number of thiazole rings is 1. The van der Waals surface area contributed by atoms with Crippen LogP contribution in [-0.4, -0.2) is 37.9 Å². The third kappa shape index (κ3) is 5.80. The van der Waals surface area contributed by atoms with Crippen LogP contribution in [0.25, 0.3) is 11.4 Å². The fraction of sp³-hybridized carbons (Fsp3) is 0.308. The Morgan fingerprint density at radius 3 is 2.45 bits per heavy atom.